The van der Waals surface area contributed by atoms with Crippen molar-refractivity contribution in [1.82, 2.24) is 19.7 Å². The van der Waals surface area contributed by atoms with E-state index in [0.29, 0.717) is 29.6 Å². The van der Waals surface area contributed by atoms with Crippen molar-refractivity contribution < 1.29 is 9.21 Å². The molecule has 1 atom stereocenters. The Morgan fingerprint density at radius 2 is 2.22 bits per heavy atom. The number of carbonyl (C=O) groups excluding carboxylic acids is 1. The molecule has 1 aromatic carbocycles. The third-order valence-electron chi connectivity index (χ3n) is 4.93. The Morgan fingerprint density at radius 1 is 1.33 bits per heavy atom. The molecular weight excluding hydrogens is 364 g/mol. The summed E-state index contributed by atoms with van der Waals surface area (Å²) in [5, 5.41) is 4.81. The van der Waals surface area contributed by atoms with Gasteiger partial charge in [-0.2, -0.15) is 5.10 Å². The lowest BCUT2D eigenvalue weighted by Gasteiger charge is -2.33. The van der Waals surface area contributed by atoms with Gasteiger partial charge >= 0.3 is 0 Å². The van der Waals surface area contributed by atoms with Gasteiger partial charge in [-0.25, -0.2) is 4.98 Å². The van der Waals surface area contributed by atoms with Crippen molar-refractivity contribution in [2.75, 3.05) is 6.54 Å². The molecule has 3 heterocycles. The molecule has 0 N–H and O–H groups in total. The second kappa shape index (κ2) is 7.56. The van der Waals surface area contributed by atoms with Crippen LogP contribution in [-0.2, 0) is 13.5 Å². The van der Waals surface area contributed by atoms with Crippen molar-refractivity contribution in [2.45, 2.75) is 31.7 Å². The molecular formula is C20H21ClN4O2. The van der Waals surface area contributed by atoms with Gasteiger partial charge in [0.2, 0.25) is 5.89 Å². The first-order chi connectivity index (χ1) is 13.1. The number of carbonyl (C=O) groups is 1. The third kappa shape index (κ3) is 3.76. The molecule has 7 heteroatoms. The summed E-state index contributed by atoms with van der Waals surface area (Å²) >= 11 is 6.06. The summed E-state index contributed by atoms with van der Waals surface area (Å²) in [6.07, 6.45) is 6.89. The van der Waals surface area contributed by atoms with Gasteiger partial charge in [0.05, 0.1) is 6.20 Å². The number of rotatable bonds is 4. The van der Waals surface area contributed by atoms with E-state index in [0.717, 1.165) is 30.6 Å². The molecule has 27 heavy (non-hydrogen) atoms. The fourth-order valence-electron chi connectivity index (χ4n) is 3.57. The van der Waals surface area contributed by atoms with Crippen molar-refractivity contribution in [3.8, 4) is 0 Å². The third-order valence-corrected chi connectivity index (χ3v) is 5.16. The molecule has 1 fully saturated rings. The molecule has 0 aliphatic carbocycles. The predicted octanol–water partition coefficient (Wildman–Crippen LogP) is 4.02. The van der Waals surface area contributed by atoms with Crippen LogP contribution in [0.3, 0.4) is 0 Å². The highest BCUT2D eigenvalue weighted by Crippen LogP contribution is 2.32. The van der Waals surface area contributed by atoms with Gasteiger partial charge in [-0.15, -0.1) is 0 Å². The second-order valence-electron chi connectivity index (χ2n) is 6.82. The Bertz CT molecular complexity index is 949. The predicted molar refractivity (Wildman–Crippen MR) is 102 cm³/mol. The number of hydrogen-bond donors (Lipinski definition) is 0. The van der Waals surface area contributed by atoms with Crippen LogP contribution in [0.1, 0.15) is 53.0 Å². The van der Waals surface area contributed by atoms with E-state index in [1.165, 1.54) is 0 Å². The van der Waals surface area contributed by atoms with Crippen LogP contribution in [0, 0.1) is 0 Å². The number of likely N-dealkylation sites (tertiary alicyclic amines) is 1. The summed E-state index contributed by atoms with van der Waals surface area (Å²) in [6.45, 7) is 0.695. The van der Waals surface area contributed by atoms with E-state index in [9.17, 15) is 4.79 Å². The standard InChI is InChI=1S/C20H21ClN4O2/c1-24-18(8-9-23-24)20(26)25-10-3-2-7-17(25)19-22-13-16(27-19)12-14-5-4-6-15(21)11-14/h4-6,8-9,11,13,17H,2-3,7,10,12H2,1H3. The van der Waals surface area contributed by atoms with Gasteiger partial charge in [-0.3, -0.25) is 9.48 Å². The number of piperidine rings is 1. The molecule has 4 rings (SSSR count). The van der Waals surface area contributed by atoms with E-state index in [2.05, 4.69) is 10.1 Å². The maximum absolute atomic E-state index is 13.0. The van der Waals surface area contributed by atoms with E-state index in [1.807, 2.05) is 29.2 Å². The molecule has 1 aliphatic rings. The van der Waals surface area contributed by atoms with Gasteiger partial charge in [0.1, 0.15) is 17.5 Å². The van der Waals surface area contributed by atoms with Crippen LogP contribution in [0.2, 0.25) is 5.02 Å². The minimum atomic E-state index is -0.144. The number of benzene rings is 1. The summed E-state index contributed by atoms with van der Waals surface area (Å²) in [6, 6.07) is 9.30. The van der Waals surface area contributed by atoms with Crippen molar-refractivity contribution in [3.05, 3.63) is 70.7 Å². The van der Waals surface area contributed by atoms with E-state index < -0.39 is 0 Å². The van der Waals surface area contributed by atoms with E-state index in [4.69, 9.17) is 16.0 Å². The topological polar surface area (TPSA) is 64.2 Å². The van der Waals surface area contributed by atoms with Crippen LogP contribution < -0.4 is 0 Å². The summed E-state index contributed by atoms with van der Waals surface area (Å²) in [5.74, 6) is 1.34. The molecule has 1 unspecified atom stereocenters. The zero-order chi connectivity index (χ0) is 18.8. The van der Waals surface area contributed by atoms with Crippen LogP contribution in [0.4, 0.5) is 0 Å². The highest BCUT2D eigenvalue weighted by atomic mass is 35.5. The Balaban J connectivity index is 1.55. The van der Waals surface area contributed by atoms with Crippen LogP contribution in [0.5, 0.6) is 0 Å². The van der Waals surface area contributed by atoms with Gasteiger partial charge < -0.3 is 9.32 Å². The first-order valence-electron chi connectivity index (χ1n) is 9.10. The Morgan fingerprint density at radius 3 is 3.00 bits per heavy atom. The first kappa shape index (κ1) is 17.8. The normalized spacial score (nSPS) is 17.3. The second-order valence-corrected chi connectivity index (χ2v) is 7.26. The zero-order valence-electron chi connectivity index (χ0n) is 15.1. The SMILES string of the molecule is Cn1nccc1C(=O)N1CCCCC1c1ncc(Cc2cccc(Cl)c2)o1. The maximum atomic E-state index is 13.0. The highest BCUT2D eigenvalue weighted by molar-refractivity contribution is 6.30. The van der Waals surface area contributed by atoms with Gasteiger partial charge in [-0.1, -0.05) is 23.7 Å². The van der Waals surface area contributed by atoms with Crippen LogP contribution in [0.15, 0.2) is 47.1 Å². The lowest BCUT2D eigenvalue weighted by atomic mass is 10.0. The monoisotopic (exact) mass is 384 g/mol. The number of aryl methyl sites for hydroxylation is 1. The number of nitrogens with zero attached hydrogens (tertiary/aromatic N) is 4. The molecule has 1 aliphatic heterocycles. The molecule has 0 spiro atoms. The summed E-state index contributed by atoms with van der Waals surface area (Å²) < 4.78 is 7.63. The zero-order valence-corrected chi connectivity index (χ0v) is 15.9. The quantitative estimate of drug-likeness (QED) is 0.681. The molecule has 0 radical (unpaired) electrons. The van der Waals surface area contributed by atoms with Gasteiger partial charge in [0.15, 0.2) is 0 Å². The first-order valence-corrected chi connectivity index (χ1v) is 9.47. The summed E-state index contributed by atoms with van der Waals surface area (Å²) in [7, 11) is 1.78. The molecule has 0 saturated carbocycles. The smallest absolute Gasteiger partial charge is 0.272 e. The largest absolute Gasteiger partial charge is 0.443 e. The molecule has 3 aromatic rings. The molecule has 0 bridgehead atoms. The van der Waals surface area contributed by atoms with Crippen LogP contribution in [0.25, 0.3) is 0 Å². The molecule has 2 aromatic heterocycles. The number of halogens is 1. The van der Waals surface area contributed by atoms with Crippen molar-refractivity contribution >= 4 is 17.5 Å². The minimum Gasteiger partial charge on any atom is -0.443 e. The van der Waals surface area contributed by atoms with Crippen molar-refractivity contribution in [2.24, 2.45) is 7.05 Å². The molecule has 140 valence electrons. The number of amides is 1. The Labute approximate surface area is 162 Å². The molecule has 1 saturated heterocycles. The van der Waals surface area contributed by atoms with Crippen LogP contribution >= 0.6 is 11.6 Å². The number of aromatic nitrogens is 3. The van der Waals surface area contributed by atoms with E-state index in [-0.39, 0.29) is 11.9 Å². The average molecular weight is 385 g/mol. The Kier molecular flexibility index (Phi) is 4.99. The highest BCUT2D eigenvalue weighted by Gasteiger charge is 2.33. The van der Waals surface area contributed by atoms with Gasteiger partial charge in [-0.05, 0) is 43.0 Å². The van der Waals surface area contributed by atoms with Crippen LogP contribution in [-0.4, -0.2) is 32.1 Å². The maximum Gasteiger partial charge on any atom is 0.272 e. The summed E-state index contributed by atoms with van der Waals surface area (Å²) in [4.78, 5) is 19.3. The average Bonchev–Trinajstić information content (AvgIpc) is 3.30. The van der Waals surface area contributed by atoms with Crippen molar-refractivity contribution in [3.63, 3.8) is 0 Å². The molecule has 6 nitrogen and oxygen atoms in total. The van der Waals surface area contributed by atoms with Gasteiger partial charge in [0, 0.05) is 31.2 Å². The lowest BCUT2D eigenvalue weighted by molar-refractivity contribution is 0.0558. The minimum absolute atomic E-state index is 0.0331. The fourth-order valence-corrected chi connectivity index (χ4v) is 3.78. The van der Waals surface area contributed by atoms with E-state index >= 15 is 0 Å². The Hall–Kier alpha value is -2.60. The fraction of sp³-hybridized carbons (Fsp3) is 0.350. The summed E-state index contributed by atoms with van der Waals surface area (Å²) in [5.41, 5.74) is 1.64. The number of hydrogen-bond acceptors (Lipinski definition) is 4. The van der Waals surface area contributed by atoms with Gasteiger partial charge in [0.25, 0.3) is 5.91 Å². The lowest BCUT2D eigenvalue weighted by Crippen LogP contribution is -2.39. The molecule has 1 amide bonds. The number of oxazole rings is 1. The van der Waals surface area contributed by atoms with Crippen molar-refractivity contribution in [1.29, 1.82) is 0 Å². The van der Waals surface area contributed by atoms with E-state index in [1.54, 1.807) is 30.2 Å².